The van der Waals surface area contributed by atoms with Crippen molar-refractivity contribution in [1.82, 2.24) is 4.90 Å². The average Bonchev–Trinajstić information content (AvgIpc) is 2.82. The van der Waals surface area contributed by atoms with E-state index in [0.717, 1.165) is 29.7 Å². The largest absolute Gasteiger partial charge is 0.375 e. The fourth-order valence-electron chi connectivity index (χ4n) is 3.07. The smallest absolute Gasteiger partial charge is 0.124 e. The molecule has 1 aliphatic heterocycles. The van der Waals surface area contributed by atoms with Gasteiger partial charge in [-0.15, -0.1) is 0 Å². The Labute approximate surface area is 115 Å². The maximum atomic E-state index is 13.1. The van der Waals surface area contributed by atoms with E-state index < -0.39 is 0 Å². The molecule has 2 unspecified atom stereocenters. The van der Waals surface area contributed by atoms with Crippen LogP contribution in [0.1, 0.15) is 24.8 Å². The molecule has 2 nitrogen and oxygen atoms in total. The van der Waals surface area contributed by atoms with E-state index in [4.69, 9.17) is 4.74 Å². The highest BCUT2D eigenvalue weighted by Crippen LogP contribution is 2.31. The normalized spacial score (nSPS) is 28.3. The number of rotatable bonds is 2. The molecule has 1 aromatic rings. The number of hydrogen-bond donors (Lipinski definition) is 0. The summed E-state index contributed by atoms with van der Waals surface area (Å²) < 4.78 is 19.7. The summed E-state index contributed by atoms with van der Waals surface area (Å²) in [5.74, 6) is -0.189. The van der Waals surface area contributed by atoms with Gasteiger partial charge in [0.1, 0.15) is 5.82 Å². The summed E-state index contributed by atoms with van der Waals surface area (Å²) in [6, 6.07) is 5.50. The van der Waals surface area contributed by atoms with Gasteiger partial charge in [0.05, 0.1) is 12.7 Å². The van der Waals surface area contributed by atoms with Gasteiger partial charge in [-0.25, -0.2) is 4.39 Å². The minimum Gasteiger partial charge on any atom is -0.375 e. The molecule has 98 valence electrons. The van der Waals surface area contributed by atoms with Gasteiger partial charge in [0.2, 0.25) is 0 Å². The Kier molecular flexibility index (Phi) is 3.68. The molecule has 18 heavy (non-hydrogen) atoms. The highest BCUT2D eigenvalue weighted by molar-refractivity contribution is 9.10. The standard InChI is InChI=1S/C14H17BrFNO/c15-12-8-11(16)5-4-10(12)9-17-6-7-18-14-3-1-2-13(14)17/h4-5,8,13-14H,1-3,6-7,9H2. The zero-order chi connectivity index (χ0) is 12.5. The van der Waals surface area contributed by atoms with Crippen LogP contribution in [0.4, 0.5) is 4.39 Å². The van der Waals surface area contributed by atoms with Crippen molar-refractivity contribution in [2.45, 2.75) is 38.0 Å². The molecule has 0 aromatic heterocycles. The van der Waals surface area contributed by atoms with Crippen molar-refractivity contribution in [3.05, 3.63) is 34.1 Å². The summed E-state index contributed by atoms with van der Waals surface area (Å²) in [6.45, 7) is 2.68. The lowest BCUT2D eigenvalue weighted by molar-refractivity contribution is -0.0588. The third kappa shape index (κ3) is 2.46. The first-order chi connectivity index (χ1) is 8.74. The minimum atomic E-state index is -0.189. The summed E-state index contributed by atoms with van der Waals surface area (Å²) in [4.78, 5) is 2.49. The van der Waals surface area contributed by atoms with Crippen molar-refractivity contribution in [3.63, 3.8) is 0 Å². The molecule has 2 fully saturated rings. The molecule has 1 saturated heterocycles. The Hall–Kier alpha value is -0.450. The molecular formula is C14H17BrFNO. The fourth-order valence-corrected chi connectivity index (χ4v) is 3.55. The first-order valence-corrected chi connectivity index (χ1v) is 7.33. The van der Waals surface area contributed by atoms with Crippen LogP contribution in [0, 0.1) is 5.82 Å². The van der Waals surface area contributed by atoms with Crippen LogP contribution in [-0.2, 0) is 11.3 Å². The number of benzene rings is 1. The minimum absolute atomic E-state index is 0.189. The molecule has 0 N–H and O–H groups in total. The summed E-state index contributed by atoms with van der Waals surface area (Å²) in [7, 11) is 0. The van der Waals surface area contributed by atoms with Gasteiger partial charge in [-0.1, -0.05) is 22.0 Å². The van der Waals surface area contributed by atoms with Crippen LogP contribution in [0.15, 0.2) is 22.7 Å². The van der Waals surface area contributed by atoms with Crippen LogP contribution in [0.3, 0.4) is 0 Å². The van der Waals surface area contributed by atoms with Gasteiger partial charge < -0.3 is 4.74 Å². The van der Waals surface area contributed by atoms with Gasteiger partial charge in [-0.3, -0.25) is 4.90 Å². The van der Waals surface area contributed by atoms with E-state index in [9.17, 15) is 4.39 Å². The number of nitrogens with zero attached hydrogens (tertiary/aromatic N) is 1. The van der Waals surface area contributed by atoms with Crippen LogP contribution in [0.5, 0.6) is 0 Å². The summed E-state index contributed by atoms with van der Waals surface area (Å²) in [5.41, 5.74) is 1.16. The first-order valence-electron chi connectivity index (χ1n) is 6.53. The topological polar surface area (TPSA) is 12.5 Å². The van der Waals surface area contributed by atoms with Crippen molar-refractivity contribution < 1.29 is 9.13 Å². The van der Waals surface area contributed by atoms with Crippen molar-refractivity contribution in [1.29, 1.82) is 0 Å². The van der Waals surface area contributed by atoms with E-state index in [1.54, 1.807) is 6.07 Å². The van der Waals surface area contributed by atoms with E-state index >= 15 is 0 Å². The SMILES string of the molecule is Fc1ccc(CN2CCOC3CCCC32)c(Br)c1. The van der Waals surface area contributed by atoms with Gasteiger partial charge in [0, 0.05) is 23.6 Å². The molecule has 2 aliphatic rings. The van der Waals surface area contributed by atoms with Crippen LogP contribution in [-0.4, -0.2) is 30.2 Å². The Morgan fingerprint density at radius 2 is 2.28 bits per heavy atom. The zero-order valence-corrected chi connectivity index (χ0v) is 11.8. The molecule has 0 spiro atoms. The lowest BCUT2D eigenvalue weighted by Gasteiger charge is -2.37. The molecule has 4 heteroatoms. The number of hydrogen-bond acceptors (Lipinski definition) is 2. The summed E-state index contributed by atoms with van der Waals surface area (Å²) in [6.07, 6.45) is 4.09. The van der Waals surface area contributed by atoms with Gasteiger partial charge in [0.15, 0.2) is 0 Å². The fraction of sp³-hybridized carbons (Fsp3) is 0.571. The number of fused-ring (bicyclic) bond motifs is 1. The predicted molar refractivity (Wildman–Crippen MR) is 71.9 cm³/mol. The van der Waals surface area contributed by atoms with Crippen molar-refractivity contribution >= 4 is 15.9 Å². The average molecular weight is 314 g/mol. The van der Waals surface area contributed by atoms with Crippen LogP contribution < -0.4 is 0 Å². The second kappa shape index (κ2) is 5.27. The van der Waals surface area contributed by atoms with Gasteiger partial charge in [-0.2, -0.15) is 0 Å². The van der Waals surface area contributed by atoms with Crippen molar-refractivity contribution in [2.75, 3.05) is 13.2 Å². The molecule has 1 aliphatic carbocycles. The number of halogens is 2. The lowest BCUT2D eigenvalue weighted by atomic mass is 10.1. The molecule has 0 amide bonds. The monoisotopic (exact) mass is 313 g/mol. The summed E-state index contributed by atoms with van der Waals surface area (Å²) >= 11 is 3.45. The lowest BCUT2D eigenvalue weighted by Crippen LogP contribution is -2.47. The van der Waals surface area contributed by atoms with Gasteiger partial charge >= 0.3 is 0 Å². The number of morpholine rings is 1. The highest BCUT2D eigenvalue weighted by atomic mass is 79.9. The highest BCUT2D eigenvalue weighted by Gasteiger charge is 2.35. The Morgan fingerprint density at radius 1 is 1.39 bits per heavy atom. The summed E-state index contributed by atoms with van der Waals surface area (Å²) in [5, 5.41) is 0. The van der Waals surface area contributed by atoms with E-state index in [1.165, 1.54) is 25.3 Å². The predicted octanol–water partition coefficient (Wildman–Crippen LogP) is 3.34. The molecule has 0 radical (unpaired) electrons. The van der Waals surface area contributed by atoms with Crippen LogP contribution >= 0.6 is 15.9 Å². The maximum Gasteiger partial charge on any atom is 0.124 e. The van der Waals surface area contributed by atoms with E-state index in [0.29, 0.717) is 12.1 Å². The van der Waals surface area contributed by atoms with Crippen LogP contribution in [0.25, 0.3) is 0 Å². The van der Waals surface area contributed by atoms with Crippen molar-refractivity contribution in [3.8, 4) is 0 Å². The quantitative estimate of drug-likeness (QED) is 0.830. The number of ether oxygens (including phenoxy) is 1. The van der Waals surface area contributed by atoms with E-state index in [1.807, 2.05) is 6.07 Å². The van der Waals surface area contributed by atoms with E-state index in [-0.39, 0.29) is 5.82 Å². The third-order valence-corrected chi connectivity index (χ3v) is 4.72. The maximum absolute atomic E-state index is 13.1. The second-order valence-corrected chi connectivity index (χ2v) is 5.97. The molecule has 1 saturated carbocycles. The van der Waals surface area contributed by atoms with Crippen LogP contribution in [0.2, 0.25) is 0 Å². The Morgan fingerprint density at radius 3 is 3.11 bits per heavy atom. The van der Waals surface area contributed by atoms with Gasteiger partial charge in [0.25, 0.3) is 0 Å². The first kappa shape index (κ1) is 12.6. The van der Waals surface area contributed by atoms with E-state index in [2.05, 4.69) is 20.8 Å². The molecule has 1 aromatic carbocycles. The second-order valence-electron chi connectivity index (χ2n) is 5.11. The third-order valence-electron chi connectivity index (χ3n) is 3.99. The Bertz CT molecular complexity index is 440. The van der Waals surface area contributed by atoms with Crippen molar-refractivity contribution in [2.24, 2.45) is 0 Å². The van der Waals surface area contributed by atoms with Gasteiger partial charge in [-0.05, 0) is 37.0 Å². The molecule has 3 rings (SSSR count). The zero-order valence-electron chi connectivity index (χ0n) is 10.2. The molecular weight excluding hydrogens is 297 g/mol. The molecule has 0 bridgehead atoms. The Balaban J connectivity index is 1.75. The molecule has 2 atom stereocenters. The molecule has 1 heterocycles.